The Hall–Kier alpha value is -3.98. The Balaban J connectivity index is 1.35. The molecule has 0 spiro atoms. The molecule has 208 valence electrons. The highest BCUT2D eigenvalue weighted by atomic mass is 79.9. The molecule has 1 atom stereocenters. The fraction of sp³-hybridized carbons (Fsp3) is 0.121. The molecule has 2 aliphatic rings. The predicted molar refractivity (Wildman–Crippen MR) is 167 cm³/mol. The van der Waals surface area contributed by atoms with Crippen LogP contribution in [0.2, 0.25) is 5.02 Å². The largest absolute Gasteiger partial charge is 0.465 e. The van der Waals surface area contributed by atoms with E-state index in [4.69, 9.17) is 25.7 Å². The number of hydrogen-bond acceptors (Lipinski definition) is 6. The fourth-order valence-electron chi connectivity index (χ4n) is 5.63. The van der Waals surface area contributed by atoms with Crippen molar-refractivity contribution in [3.8, 4) is 11.3 Å². The van der Waals surface area contributed by atoms with Crippen LogP contribution in [0.15, 0.2) is 103 Å². The summed E-state index contributed by atoms with van der Waals surface area (Å²) in [5.41, 5.74) is 6.36. The molecule has 0 radical (unpaired) electrons. The number of furan rings is 1. The lowest BCUT2D eigenvalue weighted by Crippen LogP contribution is -2.38. The molecular weight excluding hydrogens is 636 g/mol. The van der Waals surface area contributed by atoms with Crippen LogP contribution in [0, 0.1) is 0 Å². The van der Waals surface area contributed by atoms with Gasteiger partial charge in [0.2, 0.25) is 0 Å². The standard InChI is InChI=1S/C33H22BrClN2O4S/c1-40-32(39)25-16-20(9-14-26(25)35)27-15-12-22(41-27)17-28-31(38)37-30(19-6-10-21(34)11-7-19)24-13-8-18-4-2-3-5-23(18)29(24)36-33(37)42-28/h2-7,9-12,14-17,30H,8,13H2,1H3/b28-17+/t30-/m0/s1. The average Bonchev–Trinajstić information content (AvgIpc) is 3.60. The van der Waals surface area contributed by atoms with Gasteiger partial charge in [-0.25, -0.2) is 9.79 Å². The lowest BCUT2D eigenvalue weighted by atomic mass is 9.83. The molecule has 1 aliphatic heterocycles. The first-order valence-corrected chi connectivity index (χ1v) is 15.3. The van der Waals surface area contributed by atoms with Gasteiger partial charge in [-0.2, -0.15) is 0 Å². The van der Waals surface area contributed by atoms with Crippen LogP contribution in [-0.4, -0.2) is 17.6 Å². The smallest absolute Gasteiger partial charge is 0.339 e. The van der Waals surface area contributed by atoms with Gasteiger partial charge in [-0.05, 0) is 72.0 Å². The minimum atomic E-state index is -0.527. The summed E-state index contributed by atoms with van der Waals surface area (Å²) < 4.78 is 14.3. The molecule has 0 N–H and O–H groups in total. The van der Waals surface area contributed by atoms with Crippen molar-refractivity contribution >= 4 is 56.6 Å². The number of allylic oxidation sites excluding steroid dienone is 1. The van der Waals surface area contributed by atoms with Crippen molar-refractivity contribution in [1.29, 1.82) is 0 Å². The second-order valence-corrected chi connectivity index (χ2v) is 12.4. The molecule has 1 aliphatic carbocycles. The molecule has 6 nitrogen and oxygen atoms in total. The number of benzene rings is 3. The number of esters is 1. The summed E-state index contributed by atoms with van der Waals surface area (Å²) >= 11 is 11.1. The van der Waals surface area contributed by atoms with E-state index < -0.39 is 5.97 Å². The van der Waals surface area contributed by atoms with Crippen molar-refractivity contribution in [2.24, 2.45) is 4.99 Å². The maximum Gasteiger partial charge on any atom is 0.339 e. The number of hydrogen-bond donors (Lipinski definition) is 0. The topological polar surface area (TPSA) is 73.8 Å². The minimum absolute atomic E-state index is 0.116. The maximum atomic E-state index is 14.0. The van der Waals surface area contributed by atoms with Gasteiger partial charge in [0.15, 0.2) is 4.80 Å². The van der Waals surface area contributed by atoms with Crippen molar-refractivity contribution in [3.05, 3.63) is 142 Å². The normalized spacial score (nSPS) is 16.0. The molecule has 0 amide bonds. The van der Waals surface area contributed by atoms with E-state index in [1.165, 1.54) is 24.0 Å². The van der Waals surface area contributed by atoms with E-state index in [2.05, 4.69) is 46.3 Å². The number of aryl methyl sites for hydroxylation is 1. The van der Waals surface area contributed by atoms with Crippen LogP contribution in [-0.2, 0) is 11.2 Å². The summed E-state index contributed by atoms with van der Waals surface area (Å²) in [5, 5.41) is 0.295. The van der Waals surface area contributed by atoms with Crippen molar-refractivity contribution in [3.63, 3.8) is 0 Å². The number of fused-ring (bicyclic) bond motifs is 3. The van der Waals surface area contributed by atoms with Crippen LogP contribution in [0.1, 0.15) is 45.3 Å². The van der Waals surface area contributed by atoms with E-state index in [0.717, 1.165) is 39.7 Å². The van der Waals surface area contributed by atoms with E-state index >= 15 is 0 Å². The second kappa shape index (κ2) is 10.7. The van der Waals surface area contributed by atoms with Crippen molar-refractivity contribution in [2.45, 2.75) is 18.9 Å². The first kappa shape index (κ1) is 26.9. The Morgan fingerprint density at radius 3 is 2.71 bits per heavy atom. The van der Waals surface area contributed by atoms with Crippen molar-refractivity contribution < 1.29 is 13.9 Å². The number of carbonyl (C=O) groups excluding carboxylic acids is 1. The third kappa shape index (κ3) is 4.60. The lowest BCUT2D eigenvalue weighted by molar-refractivity contribution is 0.0601. The molecule has 0 unspecified atom stereocenters. The van der Waals surface area contributed by atoms with Gasteiger partial charge in [0.25, 0.3) is 5.56 Å². The van der Waals surface area contributed by atoms with Gasteiger partial charge >= 0.3 is 5.97 Å². The van der Waals surface area contributed by atoms with Crippen LogP contribution in [0.3, 0.4) is 0 Å². The van der Waals surface area contributed by atoms with Gasteiger partial charge in [-0.1, -0.05) is 75.3 Å². The molecule has 0 bridgehead atoms. The number of rotatable bonds is 4. The molecule has 3 heterocycles. The Labute approximate surface area is 258 Å². The molecule has 7 rings (SSSR count). The Morgan fingerprint density at radius 2 is 1.90 bits per heavy atom. The Bertz CT molecular complexity index is 2110. The zero-order chi connectivity index (χ0) is 29.0. The van der Waals surface area contributed by atoms with E-state index in [0.29, 0.717) is 31.4 Å². The van der Waals surface area contributed by atoms with E-state index in [9.17, 15) is 9.59 Å². The monoisotopic (exact) mass is 656 g/mol. The number of carbonyl (C=O) groups is 1. The minimum Gasteiger partial charge on any atom is -0.465 e. The quantitative estimate of drug-likeness (QED) is 0.200. The third-order valence-electron chi connectivity index (χ3n) is 7.62. The highest BCUT2D eigenvalue weighted by Gasteiger charge is 2.32. The zero-order valence-electron chi connectivity index (χ0n) is 22.3. The number of aromatic nitrogens is 1. The molecule has 0 fully saturated rings. The number of methoxy groups -OCH3 is 1. The van der Waals surface area contributed by atoms with E-state index in [1.54, 1.807) is 36.4 Å². The zero-order valence-corrected chi connectivity index (χ0v) is 25.4. The molecule has 0 saturated heterocycles. The number of thiazole rings is 1. The first-order chi connectivity index (χ1) is 20.4. The van der Waals surface area contributed by atoms with Gasteiger partial charge in [0, 0.05) is 21.7 Å². The highest BCUT2D eigenvalue weighted by molar-refractivity contribution is 9.10. The molecular formula is C33H22BrClN2O4S. The van der Waals surface area contributed by atoms with Crippen LogP contribution in [0.4, 0.5) is 0 Å². The lowest BCUT2D eigenvalue weighted by Gasteiger charge is -2.30. The average molecular weight is 658 g/mol. The molecule has 3 aromatic carbocycles. The first-order valence-electron chi connectivity index (χ1n) is 13.3. The number of nitrogens with zero attached hydrogens (tertiary/aromatic N) is 2. The molecule has 5 aromatic rings. The second-order valence-electron chi connectivity index (χ2n) is 10.1. The van der Waals surface area contributed by atoms with Gasteiger partial charge in [-0.3, -0.25) is 9.36 Å². The highest BCUT2D eigenvalue weighted by Crippen LogP contribution is 2.41. The Kier molecular flexibility index (Phi) is 6.85. The summed E-state index contributed by atoms with van der Waals surface area (Å²) in [6, 6.07) is 24.9. The molecule has 2 aromatic heterocycles. The summed E-state index contributed by atoms with van der Waals surface area (Å²) in [5.74, 6) is 0.523. The number of ether oxygens (including phenoxy) is 1. The van der Waals surface area contributed by atoms with Crippen molar-refractivity contribution in [2.75, 3.05) is 7.11 Å². The van der Waals surface area contributed by atoms with Gasteiger partial charge < -0.3 is 9.15 Å². The maximum absolute atomic E-state index is 14.0. The molecule has 0 saturated carbocycles. The van der Waals surface area contributed by atoms with E-state index in [-0.39, 0.29) is 17.2 Å². The van der Waals surface area contributed by atoms with Gasteiger partial charge in [-0.15, -0.1) is 0 Å². The van der Waals surface area contributed by atoms with Gasteiger partial charge in [0.05, 0.1) is 34.0 Å². The van der Waals surface area contributed by atoms with Crippen molar-refractivity contribution in [1.82, 2.24) is 4.57 Å². The van der Waals surface area contributed by atoms with Crippen LogP contribution < -0.4 is 14.9 Å². The summed E-state index contributed by atoms with van der Waals surface area (Å²) in [6.45, 7) is 0. The fourth-order valence-corrected chi connectivity index (χ4v) is 7.07. The molecule has 9 heteroatoms. The van der Waals surface area contributed by atoms with Crippen LogP contribution in [0.5, 0.6) is 0 Å². The predicted octanol–water partition coefficient (Wildman–Crippen LogP) is 6.78. The Morgan fingerprint density at radius 1 is 1.10 bits per heavy atom. The van der Waals surface area contributed by atoms with Gasteiger partial charge in [0.1, 0.15) is 11.5 Å². The van der Waals surface area contributed by atoms with E-state index in [1.807, 2.05) is 22.8 Å². The van der Waals surface area contributed by atoms with Crippen LogP contribution >= 0.6 is 38.9 Å². The summed E-state index contributed by atoms with van der Waals surface area (Å²) in [6.07, 6.45) is 3.48. The number of halogens is 2. The van der Waals surface area contributed by atoms with Crippen LogP contribution in [0.25, 0.3) is 23.1 Å². The summed E-state index contributed by atoms with van der Waals surface area (Å²) in [7, 11) is 1.31. The third-order valence-corrected chi connectivity index (χ3v) is 9.46. The molecule has 42 heavy (non-hydrogen) atoms. The SMILES string of the molecule is COC(=O)c1cc(-c2ccc(/C=c3/sc4n(c3=O)[C@@H](c3ccc(Br)cc3)C3=C(N=4)c4ccccc4CC3)o2)ccc1Cl. The summed E-state index contributed by atoms with van der Waals surface area (Å²) in [4.78, 5) is 31.8.